The maximum atomic E-state index is 13.3. The molecule has 5 rings (SSSR count). The molecule has 2 aliphatic heterocycles. The molecule has 3 aromatic rings. The van der Waals surface area contributed by atoms with Gasteiger partial charge in [-0.05, 0) is 47.2 Å². The first-order valence-electron chi connectivity index (χ1n) is 12.0. The Hall–Kier alpha value is -3.93. The average molecular weight is 490 g/mol. The van der Waals surface area contributed by atoms with E-state index in [0.29, 0.717) is 48.0 Å². The molecule has 0 radical (unpaired) electrons. The Bertz CT molecular complexity index is 1350. The maximum Gasteiger partial charge on any atom is 0.407 e. The highest BCUT2D eigenvalue weighted by atomic mass is 19.1. The van der Waals surface area contributed by atoms with Gasteiger partial charge in [0.05, 0.1) is 24.3 Å². The van der Waals surface area contributed by atoms with E-state index < -0.39 is 12.3 Å². The molecule has 1 amide bonds. The number of nitrogens with zero attached hydrogens (tertiary/aromatic N) is 5. The van der Waals surface area contributed by atoms with Crippen molar-refractivity contribution in [2.24, 2.45) is 5.41 Å². The molecule has 36 heavy (non-hydrogen) atoms. The van der Waals surface area contributed by atoms with E-state index in [1.54, 1.807) is 18.2 Å². The summed E-state index contributed by atoms with van der Waals surface area (Å²) in [6, 6.07) is 13.5. The fourth-order valence-electron chi connectivity index (χ4n) is 4.99. The lowest BCUT2D eigenvalue weighted by molar-refractivity contribution is 0.135. The van der Waals surface area contributed by atoms with Gasteiger partial charge in [0, 0.05) is 30.1 Å². The molecule has 1 aromatic heterocycles. The number of anilines is 1. The van der Waals surface area contributed by atoms with Gasteiger partial charge in [-0.2, -0.15) is 10.2 Å². The van der Waals surface area contributed by atoms with Crippen LogP contribution in [0, 0.1) is 16.7 Å². The van der Waals surface area contributed by atoms with Crippen molar-refractivity contribution in [2.45, 2.75) is 39.3 Å². The summed E-state index contributed by atoms with van der Waals surface area (Å²) in [4.78, 5) is 19.6. The third-order valence-corrected chi connectivity index (χ3v) is 7.11. The zero-order valence-corrected chi connectivity index (χ0v) is 20.5. The molecule has 1 unspecified atom stereocenters. The summed E-state index contributed by atoms with van der Waals surface area (Å²) in [5.74, 6) is 0.771. The summed E-state index contributed by atoms with van der Waals surface area (Å²) < 4.78 is 18.8. The highest BCUT2D eigenvalue weighted by Crippen LogP contribution is 2.40. The molecule has 1 fully saturated rings. The first-order chi connectivity index (χ1) is 17.1. The van der Waals surface area contributed by atoms with Crippen LogP contribution in [0.1, 0.15) is 43.4 Å². The number of aromatic nitrogens is 2. The van der Waals surface area contributed by atoms with Crippen LogP contribution in [-0.2, 0) is 6.42 Å². The van der Waals surface area contributed by atoms with Crippen molar-refractivity contribution in [3.63, 3.8) is 0 Å². The zero-order chi connectivity index (χ0) is 25.6. The second-order valence-corrected chi connectivity index (χ2v) is 10.6. The fraction of sp³-hybridized carbons (Fsp3) is 0.407. The Kier molecular flexibility index (Phi) is 5.91. The first kappa shape index (κ1) is 23.8. The van der Waals surface area contributed by atoms with Crippen molar-refractivity contribution in [1.82, 2.24) is 15.0 Å². The van der Waals surface area contributed by atoms with Gasteiger partial charge in [-0.15, -0.1) is 0 Å². The average Bonchev–Trinajstić information content (AvgIpc) is 3.22. The van der Waals surface area contributed by atoms with Crippen LogP contribution in [0.2, 0.25) is 0 Å². The van der Waals surface area contributed by atoms with Crippen molar-refractivity contribution < 1.29 is 18.8 Å². The largest absolute Gasteiger partial charge is 0.465 e. The van der Waals surface area contributed by atoms with Gasteiger partial charge >= 0.3 is 6.09 Å². The van der Waals surface area contributed by atoms with Gasteiger partial charge in [0.1, 0.15) is 12.2 Å². The number of nitriles is 1. The Morgan fingerprint density at radius 1 is 1.17 bits per heavy atom. The molecule has 2 aliphatic rings. The van der Waals surface area contributed by atoms with Crippen LogP contribution in [0.3, 0.4) is 0 Å². The Balaban J connectivity index is 1.44. The molecule has 1 saturated heterocycles. The molecular formula is C27H28FN5O3. The maximum absolute atomic E-state index is 13.3. The molecule has 2 aromatic carbocycles. The van der Waals surface area contributed by atoms with E-state index in [1.165, 1.54) is 4.90 Å². The molecule has 3 heterocycles. The summed E-state index contributed by atoms with van der Waals surface area (Å²) in [6.07, 6.45) is -1.15. The van der Waals surface area contributed by atoms with Gasteiger partial charge in [-0.25, -0.2) is 9.18 Å². The fourth-order valence-corrected chi connectivity index (χ4v) is 4.99. The molecule has 0 saturated carbocycles. The van der Waals surface area contributed by atoms with E-state index in [4.69, 9.17) is 4.52 Å². The quantitative estimate of drug-likeness (QED) is 0.545. The lowest BCUT2D eigenvalue weighted by Gasteiger charge is -2.36. The highest BCUT2D eigenvalue weighted by molar-refractivity contribution is 5.70. The summed E-state index contributed by atoms with van der Waals surface area (Å²) >= 11 is 0. The molecule has 1 N–H and O–H groups in total. The molecule has 0 aliphatic carbocycles. The lowest BCUT2D eigenvalue weighted by Crippen LogP contribution is -2.48. The first-order valence-corrected chi connectivity index (χ1v) is 12.0. The summed E-state index contributed by atoms with van der Waals surface area (Å²) in [7, 11) is 0. The lowest BCUT2D eigenvalue weighted by atomic mass is 9.75. The summed E-state index contributed by atoms with van der Waals surface area (Å²) in [5.41, 5.74) is 4.65. The van der Waals surface area contributed by atoms with Crippen LogP contribution in [-0.4, -0.2) is 58.6 Å². The van der Waals surface area contributed by atoms with Crippen LogP contribution in [0.5, 0.6) is 0 Å². The third kappa shape index (κ3) is 4.39. The summed E-state index contributed by atoms with van der Waals surface area (Å²) in [5, 5.41) is 23.4. The number of amides is 1. The number of fused-ring (bicyclic) bond motifs is 1. The predicted molar refractivity (Wildman–Crippen MR) is 132 cm³/mol. The van der Waals surface area contributed by atoms with Crippen LogP contribution >= 0.6 is 0 Å². The van der Waals surface area contributed by atoms with Crippen molar-refractivity contribution in [2.75, 3.05) is 31.1 Å². The minimum Gasteiger partial charge on any atom is -0.465 e. The molecule has 8 nitrogen and oxygen atoms in total. The number of hydrogen-bond acceptors (Lipinski definition) is 6. The van der Waals surface area contributed by atoms with Crippen molar-refractivity contribution >= 4 is 11.8 Å². The van der Waals surface area contributed by atoms with Crippen LogP contribution in [0.25, 0.3) is 22.8 Å². The molecule has 0 spiro atoms. The minimum absolute atomic E-state index is 0.0583. The Morgan fingerprint density at radius 3 is 2.58 bits per heavy atom. The SMILES string of the molecule is CC(C)(C)C1CN(C(=O)O)CCc2cc(-c3noc(-c4ccc(N5CC(F)C5)c(C#N)c4)n3)ccc21. The number of halogens is 1. The van der Waals surface area contributed by atoms with Crippen molar-refractivity contribution in [3.05, 3.63) is 53.1 Å². The Labute approximate surface area is 208 Å². The number of carbonyl (C=O) groups is 1. The van der Waals surface area contributed by atoms with Crippen molar-refractivity contribution in [3.8, 4) is 28.9 Å². The monoisotopic (exact) mass is 489 g/mol. The van der Waals surface area contributed by atoms with E-state index in [1.807, 2.05) is 17.0 Å². The molecule has 1 atom stereocenters. The number of benzene rings is 2. The smallest absolute Gasteiger partial charge is 0.407 e. The van der Waals surface area contributed by atoms with E-state index >= 15 is 0 Å². The Morgan fingerprint density at radius 2 is 1.92 bits per heavy atom. The minimum atomic E-state index is -0.901. The van der Waals surface area contributed by atoms with Gasteiger partial charge in [0.25, 0.3) is 5.89 Å². The normalized spacial score (nSPS) is 18.2. The molecule has 0 bridgehead atoms. The second kappa shape index (κ2) is 8.94. The molecular weight excluding hydrogens is 461 g/mol. The van der Waals surface area contributed by atoms with E-state index in [-0.39, 0.29) is 24.4 Å². The molecule has 9 heteroatoms. The van der Waals surface area contributed by atoms with Crippen LogP contribution in [0.4, 0.5) is 14.9 Å². The van der Waals surface area contributed by atoms with E-state index in [2.05, 4.69) is 43.0 Å². The third-order valence-electron chi connectivity index (χ3n) is 7.11. The standard InChI is InChI=1S/C27H28FN5O3/c1-27(2,3)22-15-32(26(34)35)9-8-16-10-17(4-6-21(16)22)24-30-25(36-31-24)18-5-7-23(19(11-18)12-29)33-13-20(28)14-33/h4-7,10-11,20,22H,8-9,13-15H2,1-3H3,(H,34,35). The number of hydrogen-bond donors (Lipinski definition) is 1. The number of rotatable bonds is 3. The van der Waals surface area contributed by atoms with Gasteiger partial charge < -0.3 is 19.4 Å². The molecule has 186 valence electrons. The van der Waals surface area contributed by atoms with Gasteiger partial charge in [0.15, 0.2) is 0 Å². The van der Waals surface area contributed by atoms with Gasteiger partial charge in [-0.3, -0.25) is 0 Å². The second-order valence-electron chi connectivity index (χ2n) is 10.6. The van der Waals surface area contributed by atoms with Crippen LogP contribution < -0.4 is 4.90 Å². The van der Waals surface area contributed by atoms with E-state index in [9.17, 15) is 19.6 Å². The zero-order valence-electron chi connectivity index (χ0n) is 20.5. The summed E-state index contributed by atoms with van der Waals surface area (Å²) in [6.45, 7) is 7.85. The van der Waals surface area contributed by atoms with Gasteiger partial charge in [-0.1, -0.05) is 38.1 Å². The van der Waals surface area contributed by atoms with Crippen molar-refractivity contribution in [1.29, 1.82) is 5.26 Å². The predicted octanol–water partition coefficient (Wildman–Crippen LogP) is 5.10. The topological polar surface area (TPSA) is 106 Å². The van der Waals surface area contributed by atoms with Gasteiger partial charge in [0.2, 0.25) is 5.82 Å². The van der Waals surface area contributed by atoms with Crippen LogP contribution in [0.15, 0.2) is 40.9 Å². The van der Waals surface area contributed by atoms with E-state index in [0.717, 1.165) is 16.7 Å². The number of carboxylic acid groups (broad SMARTS) is 1. The highest BCUT2D eigenvalue weighted by Gasteiger charge is 2.34. The number of alkyl halides is 1.